The van der Waals surface area contributed by atoms with Crippen LogP contribution in [0.5, 0.6) is 0 Å². The number of carbonyl (C=O) groups excluding carboxylic acids is 3. The minimum atomic E-state index is -2.37. The number of aliphatic hydroxyl groups is 1. The van der Waals surface area contributed by atoms with Gasteiger partial charge in [-0.2, -0.15) is 0 Å². The summed E-state index contributed by atoms with van der Waals surface area (Å²) in [4.78, 5) is 36.7. The lowest BCUT2D eigenvalue weighted by molar-refractivity contribution is -0.168. The second kappa shape index (κ2) is 5.65. The SMILES string of the molecule is COC(=O)[C@@]1(O)C(=O)CC[C@@H]1C(=O)c1c(C)cc(C)cc1C. The molecule has 1 fully saturated rings. The smallest absolute Gasteiger partial charge is 0.346 e. The van der Waals surface area contributed by atoms with Gasteiger partial charge in [0.2, 0.25) is 5.60 Å². The molecular formula is C17H20O5. The van der Waals surface area contributed by atoms with Crippen molar-refractivity contribution in [2.45, 2.75) is 39.2 Å². The molecule has 5 heteroatoms. The molecule has 0 heterocycles. The third-order valence-electron chi connectivity index (χ3n) is 4.33. The molecular weight excluding hydrogens is 284 g/mol. The fraction of sp³-hybridized carbons (Fsp3) is 0.471. The highest BCUT2D eigenvalue weighted by molar-refractivity contribution is 6.16. The Morgan fingerprint density at radius 3 is 2.27 bits per heavy atom. The predicted molar refractivity (Wildman–Crippen MR) is 79.7 cm³/mol. The molecule has 0 bridgehead atoms. The number of hydrogen-bond donors (Lipinski definition) is 1. The standard InChI is InChI=1S/C17H20O5/c1-9-7-10(2)14(11(3)8-9)15(19)12-5-6-13(18)17(12,21)16(20)22-4/h7-8,12,21H,5-6H2,1-4H3/t12-,17+/m1/s1. The van der Waals surface area contributed by atoms with Crippen LogP contribution < -0.4 is 0 Å². The molecule has 1 aliphatic carbocycles. The molecule has 1 aromatic rings. The van der Waals surface area contributed by atoms with Crippen LogP contribution in [0.1, 0.15) is 39.9 Å². The Labute approximate surface area is 129 Å². The second-order valence-electron chi connectivity index (χ2n) is 5.91. The Bertz CT molecular complexity index is 638. The second-order valence-corrected chi connectivity index (χ2v) is 5.91. The van der Waals surface area contributed by atoms with Gasteiger partial charge in [-0.05, 0) is 38.3 Å². The summed E-state index contributed by atoms with van der Waals surface area (Å²) in [6.45, 7) is 5.54. The molecule has 0 amide bonds. The van der Waals surface area contributed by atoms with Gasteiger partial charge in [-0.25, -0.2) is 4.79 Å². The molecule has 5 nitrogen and oxygen atoms in total. The molecule has 1 saturated carbocycles. The van der Waals surface area contributed by atoms with Gasteiger partial charge in [0, 0.05) is 12.0 Å². The maximum atomic E-state index is 12.9. The molecule has 0 spiro atoms. The number of Topliss-reactive ketones (excluding diaryl/α,β-unsaturated/α-hetero) is 2. The zero-order valence-electron chi connectivity index (χ0n) is 13.2. The highest BCUT2D eigenvalue weighted by atomic mass is 16.5. The highest BCUT2D eigenvalue weighted by Crippen LogP contribution is 2.37. The topological polar surface area (TPSA) is 80.7 Å². The molecule has 0 radical (unpaired) electrons. The summed E-state index contributed by atoms with van der Waals surface area (Å²) >= 11 is 0. The van der Waals surface area contributed by atoms with Crippen molar-refractivity contribution in [1.29, 1.82) is 0 Å². The van der Waals surface area contributed by atoms with Crippen molar-refractivity contribution in [2.24, 2.45) is 5.92 Å². The molecule has 0 unspecified atom stereocenters. The Kier molecular flexibility index (Phi) is 4.20. The van der Waals surface area contributed by atoms with Crippen LogP contribution >= 0.6 is 0 Å². The molecule has 118 valence electrons. The fourth-order valence-electron chi connectivity index (χ4n) is 3.34. The van der Waals surface area contributed by atoms with E-state index in [9.17, 15) is 19.5 Å². The van der Waals surface area contributed by atoms with E-state index < -0.39 is 23.3 Å². The molecule has 0 saturated heterocycles. The van der Waals surface area contributed by atoms with Crippen LogP contribution in [0.4, 0.5) is 0 Å². The van der Waals surface area contributed by atoms with Crippen LogP contribution in [0.2, 0.25) is 0 Å². The van der Waals surface area contributed by atoms with E-state index in [2.05, 4.69) is 4.74 Å². The molecule has 1 aliphatic rings. The summed E-state index contributed by atoms with van der Waals surface area (Å²) in [7, 11) is 1.09. The molecule has 1 aromatic carbocycles. The third-order valence-corrected chi connectivity index (χ3v) is 4.33. The first kappa shape index (κ1) is 16.4. The van der Waals surface area contributed by atoms with E-state index in [1.54, 1.807) is 13.8 Å². The average Bonchev–Trinajstić information content (AvgIpc) is 2.74. The summed E-state index contributed by atoms with van der Waals surface area (Å²) in [5.74, 6) is -3.18. The van der Waals surface area contributed by atoms with Crippen molar-refractivity contribution in [1.82, 2.24) is 0 Å². The summed E-state index contributed by atoms with van der Waals surface area (Å²) < 4.78 is 4.54. The van der Waals surface area contributed by atoms with Gasteiger partial charge in [0.05, 0.1) is 13.0 Å². The van der Waals surface area contributed by atoms with Gasteiger partial charge in [0.1, 0.15) is 0 Å². The van der Waals surface area contributed by atoms with Gasteiger partial charge in [-0.15, -0.1) is 0 Å². The van der Waals surface area contributed by atoms with Crippen LogP contribution in [-0.2, 0) is 14.3 Å². The number of aryl methyl sites for hydroxylation is 3. The quantitative estimate of drug-likeness (QED) is 0.522. The Morgan fingerprint density at radius 2 is 1.77 bits per heavy atom. The first-order valence-corrected chi connectivity index (χ1v) is 7.19. The van der Waals surface area contributed by atoms with Crippen molar-refractivity contribution < 1.29 is 24.2 Å². The van der Waals surface area contributed by atoms with Gasteiger partial charge >= 0.3 is 5.97 Å². The van der Waals surface area contributed by atoms with Crippen molar-refractivity contribution in [3.8, 4) is 0 Å². The molecule has 2 rings (SSSR count). The highest BCUT2D eigenvalue weighted by Gasteiger charge is 2.58. The van der Waals surface area contributed by atoms with Gasteiger partial charge in [0.15, 0.2) is 11.6 Å². The van der Waals surface area contributed by atoms with Crippen molar-refractivity contribution in [3.05, 3.63) is 34.4 Å². The minimum Gasteiger partial charge on any atom is -0.467 e. The maximum Gasteiger partial charge on any atom is 0.346 e. The van der Waals surface area contributed by atoms with Crippen LogP contribution in [0, 0.1) is 26.7 Å². The van der Waals surface area contributed by atoms with Gasteiger partial charge < -0.3 is 9.84 Å². The summed E-state index contributed by atoms with van der Waals surface area (Å²) in [5.41, 5.74) is 0.670. The number of ketones is 2. The van der Waals surface area contributed by atoms with Crippen LogP contribution in [-0.4, -0.2) is 35.4 Å². The van der Waals surface area contributed by atoms with Crippen molar-refractivity contribution >= 4 is 17.5 Å². The molecule has 1 N–H and O–H groups in total. The average molecular weight is 304 g/mol. The van der Waals surface area contributed by atoms with Crippen molar-refractivity contribution in [3.63, 3.8) is 0 Å². The fourth-order valence-corrected chi connectivity index (χ4v) is 3.34. The monoisotopic (exact) mass is 304 g/mol. The Hall–Kier alpha value is -2.01. The Balaban J connectivity index is 2.50. The number of esters is 1. The number of carbonyl (C=O) groups is 3. The third kappa shape index (κ3) is 2.35. The number of methoxy groups -OCH3 is 1. The van der Waals surface area contributed by atoms with Gasteiger partial charge in [0.25, 0.3) is 0 Å². The number of hydrogen-bond acceptors (Lipinski definition) is 5. The Morgan fingerprint density at radius 1 is 1.23 bits per heavy atom. The van der Waals surface area contributed by atoms with E-state index in [0.717, 1.165) is 23.8 Å². The lowest BCUT2D eigenvalue weighted by Crippen LogP contribution is -2.51. The van der Waals surface area contributed by atoms with Gasteiger partial charge in [-0.3, -0.25) is 9.59 Å². The van der Waals surface area contributed by atoms with E-state index in [4.69, 9.17) is 0 Å². The number of rotatable bonds is 3. The first-order valence-electron chi connectivity index (χ1n) is 7.19. The number of benzene rings is 1. The summed E-state index contributed by atoms with van der Waals surface area (Å²) in [6, 6.07) is 3.74. The zero-order valence-corrected chi connectivity index (χ0v) is 13.2. The van der Waals surface area contributed by atoms with Crippen LogP contribution in [0.25, 0.3) is 0 Å². The molecule has 0 aromatic heterocycles. The van der Waals surface area contributed by atoms with E-state index >= 15 is 0 Å². The van der Waals surface area contributed by atoms with Crippen LogP contribution in [0.15, 0.2) is 12.1 Å². The molecule has 2 atom stereocenters. The minimum absolute atomic E-state index is 0.00797. The van der Waals surface area contributed by atoms with Crippen molar-refractivity contribution in [2.75, 3.05) is 7.11 Å². The normalized spacial score (nSPS) is 24.4. The van der Waals surface area contributed by atoms with Gasteiger partial charge in [-0.1, -0.05) is 17.7 Å². The van der Waals surface area contributed by atoms with Crippen LogP contribution in [0.3, 0.4) is 0 Å². The van der Waals surface area contributed by atoms with E-state index in [-0.39, 0.29) is 18.6 Å². The largest absolute Gasteiger partial charge is 0.467 e. The zero-order chi connectivity index (χ0) is 16.7. The number of ether oxygens (including phenoxy) is 1. The first-order chi connectivity index (χ1) is 10.2. The molecule has 22 heavy (non-hydrogen) atoms. The lowest BCUT2D eigenvalue weighted by Gasteiger charge is -2.25. The lowest BCUT2D eigenvalue weighted by atomic mass is 9.81. The predicted octanol–water partition coefficient (Wildman–Crippen LogP) is 1.68. The van der Waals surface area contributed by atoms with E-state index in [1.165, 1.54) is 0 Å². The van der Waals surface area contributed by atoms with E-state index in [0.29, 0.717) is 5.56 Å². The summed E-state index contributed by atoms with van der Waals surface area (Å²) in [5, 5.41) is 10.5. The maximum absolute atomic E-state index is 12.9. The summed E-state index contributed by atoms with van der Waals surface area (Å²) in [6.07, 6.45) is 0.141. The molecule has 0 aliphatic heterocycles. The van der Waals surface area contributed by atoms with E-state index in [1.807, 2.05) is 19.1 Å².